The molecule has 0 bridgehead atoms. The van der Waals surface area contributed by atoms with Gasteiger partial charge in [0.2, 0.25) is 0 Å². The van der Waals surface area contributed by atoms with Crippen molar-refractivity contribution in [2.24, 2.45) is 7.05 Å². The Bertz CT molecular complexity index is 462. The van der Waals surface area contributed by atoms with Gasteiger partial charge in [-0.25, -0.2) is 14.1 Å². The first kappa shape index (κ1) is 8.87. The smallest absolute Gasteiger partial charge is 0.160 e. The fourth-order valence-electron chi connectivity index (χ4n) is 1.34. The minimum atomic E-state index is -0.263. The summed E-state index contributed by atoms with van der Waals surface area (Å²) < 4.78 is 15.1. The highest BCUT2D eigenvalue weighted by Crippen LogP contribution is 2.20. The third kappa shape index (κ3) is 1.39. The monoisotopic (exact) mass is 191 g/mol. The van der Waals surface area contributed by atoms with Crippen LogP contribution in [0.3, 0.4) is 0 Å². The van der Waals surface area contributed by atoms with Crippen LogP contribution in [0.1, 0.15) is 5.56 Å². The van der Waals surface area contributed by atoms with Crippen LogP contribution in [0, 0.1) is 12.7 Å². The molecule has 1 heterocycles. The number of benzene rings is 1. The SMILES string of the molecule is Cc1ccc(-c2ncnn2C)c(F)c1. The maximum Gasteiger partial charge on any atom is 0.160 e. The first-order valence-electron chi connectivity index (χ1n) is 4.29. The second-order valence-corrected chi connectivity index (χ2v) is 3.19. The Kier molecular flexibility index (Phi) is 2.04. The molecule has 2 rings (SSSR count). The molecule has 3 nitrogen and oxygen atoms in total. The van der Waals surface area contributed by atoms with E-state index in [0.29, 0.717) is 11.4 Å². The minimum absolute atomic E-state index is 0.263. The third-order valence-electron chi connectivity index (χ3n) is 2.08. The second-order valence-electron chi connectivity index (χ2n) is 3.19. The molecule has 14 heavy (non-hydrogen) atoms. The van der Waals surface area contributed by atoms with Crippen LogP contribution >= 0.6 is 0 Å². The number of hydrogen-bond donors (Lipinski definition) is 0. The van der Waals surface area contributed by atoms with Gasteiger partial charge >= 0.3 is 0 Å². The standard InChI is InChI=1S/C10H10FN3/c1-7-3-4-8(9(11)5-7)10-12-6-13-14(10)2/h3-6H,1-2H3. The van der Waals surface area contributed by atoms with Crippen molar-refractivity contribution in [3.8, 4) is 11.4 Å². The van der Waals surface area contributed by atoms with Gasteiger partial charge in [-0.2, -0.15) is 5.10 Å². The van der Waals surface area contributed by atoms with Crippen LogP contribution in [0.2, 0.25) is 0 Å². The molecule has 0 aliphatic rings. The Balaban J connectivity index is 2.58. The van der Waals surface area contributed by atoms with Crippen molar-refractivity contribution in [2.45, 2.75) is 6.92 Å². The largest absolute Gasteiger partial charge is 0.249 e. The Morgan fingerprint density at radius 1 is 1.36 bits per heavy atom. The van der Waals surface area contributed by atoms with E-state index in [4.69, 9.17) is 0 Å². The number of nitrogens with zero attached hydrogens (tertiary/aromatic N) is 3. The van der Waals surface area contributed by atoms with Gasteiger partial charge in [-0.1, -0.05) is 6.07 Å². The first-order valence-corrected chi connectivity index (χ1v) is 4.29. The maximum atomic E-state index is 13.5. The van der Waals surface area contributed by atoms with E-state index >= 15 is 0 Å². The molecule has 0 fully saturated rings. The normalized spacial score (nSPS) is 10.5. The summed E-state index contributed by atoms with van der Waals surface area (Å²) in [7, 11) is 1.74. The zero-order chi connectivity index (χ0) is 10.1. The fourth-order valence-corrected chi connectivity index (χ4v) is 1.34. The van der Waals surface area contributed by atoms with Crippen LogP contribution < -0.4 is 0 Å². The lowest BCUT2D eigenvalue weighted by molar-refractivity contribution is 0.626. The van der Waals surface area contributed by atoms with Gasteiger partial charge in [0.15, 0.2) is 5.82 Å². The molecule has 0 amide bonds. The van der Waals surface area contributed by atoms with Gasteiger partial charge in [0.1, 0.15) is 12.1 Å². The molecule has 1 aromatic carbocycles. The van der Waals surface area contributed by atoms with E-state index in [1.165, 1.54) is 12.4 Å². The predicted molar refractivity (Wildman–Crippen MR) is 51.1 cm³/mol. The summed E-state index contributed by atoms with van der Waals surface area (Å²) in [6.45, 7) is 1.85. The Labute approximate surface area is 81.2 Å². The molecule has 0 unspecified atom stereocenters. The van der Waals surface area contributed by atoms with Crippen LogP contribution in [0.15, 0.2) is 24.5 Å². The lowest BCUT2D eigenvalue weighted by Crippen LogP contribution is -1.96. The van der Waals surface area contributed by atoms with Crippen molar-refractivity contribution >= 4 is 0 Å². The summed E-state index contributed by atoms with van der Waals surface area (Å²) in [4.78, 5) is 3.99. The van der Waals surface area contributed by atoms with E-state index in [0.717, 1.165) is 5.56 Å². The van der Waals surface area contributed by atoms with Crippen LogP contribution in [-0.2, 0) is 7.05 Å². The number of aromatic nitrogens is 3. The lowest BCUT2D eigenvalue weighted by atomic mass is 10.1. The number of hydrogen-bond acceptors (Lipinski definition) is 2. The highest BCUT2D eigenvalue weighted by molar-refractivity contribution is 5.56. The fraction of sp³-hybridized carbons (Fsp3) is 0.200. The van der Waals surface area contributed by atoms with Gasteiger partial charge in [-0.3, -0.25) is 0 Å². The Morgan fingerprint density at radius 3 is 2.71 bits per heavy atom. The number of aryl methyl sites for hydroxylation is 2. The molecule has 72 valence electrons. The van der Waals surface area contributed by atoms with Crippen molar-refractivity contribution < 1.29 is 4.39 Å². The summed E-state index contributed by atoms with van der Waals surface area (Å²) in [6.07, 6.45) is 1.41. The molecule has 0 aliphatic heterocycles. The van der Waals surface area contributed by atoms with Crippen LogP contribution in [0.5, 0.6) is 0 Å². The number of rotatable bonds is 1. The summed E-state index contributed by atoms with van der Waals surface area (Å²) in [5.41, 5.74) is 1.38. The second kappa shape index (κ2) is 3.21. The predicted octanol–water partition coefficient (Wildman–Crippen LogP) is 1.93. The maximum absolute atomic E-state index is 13.5. The molecular weight excluding hydrogens is 181 g/mol. The summed E-state index contributed by atoms with van der Waals surface area (Å²) in [5, 5.41) is 3.90. The van der Waals surface area contributed by atoms with Crippen molar-refractivity contribution in [1.82, 2.24) is 14.8 Å². The van der Waals surface area contributed by atoms with E-state index in [-0.39, 0.29) is 5.82 Å². The molecule has 4 heteroatoms. The van der Waals surface area contributed by atoms with Crippen LogP contribution in [-0.4, -0.2) is 14.8 Å². The molecule has 2 aromatic rings. The van der Waals surface area contributed by atoms with Gasteiger partial charge in [0.25, 0.3) is 0 Å². The number of halogens is 1. The van der Waals surface area contributed by atoms with Crippen molar-refractivity contribution in [3.63, 3.8) is 0 Å². The molecule has 0 N–H and O–H groups in total. The highest BCUT2D eigenvalue weighted by atomic mass is 19.1. The van der Waals surface area contributed by atoms with Gasteiger partial charge < -0.3 is 0 Å². The summed E-state index contributed by atoms with van der Waals surface area (Å²) >= 11 is 0. The van der Waals surface area contributed by atoms with Crippen LogP contribution in [0.25, 0.3) is 11.4 Å². The topological polar surface area (TPSA) is 30.7 Å². The lowest BCUT2D eigenvalue weighted by Gasteiger charge is -2.02. The molecule has 0 saturated carbocycles. The summed E-state index contributed by atoms with van der Waals surface area (Å²) in [5.74, 6) is 0.281. The van der Waals surface area contributed by atoms with Crippen LogP contribution in [0.4, 0.5) is 4.39 Å². The molecular formula is C10H10FN3. The van der Waals surface area contributed by atoms with Crippen molar-refractivity contribution in [3.05, 3.63) is 35.9 Å². The quantitative estimate of drug-likeness (QED) is 0.689. The minimum Gasteiger partial charge on any atom is -0.249 e. The van der Waals surface area contributed by atoms with E-state index in [1.807, 2.05) is 13.0 Å². The van der Waals surface area contributed by atoms with E-state index < -0.39 is 0 Å². The average Bonchev–Trinajstić information content (AvgIpc) is 2.52. The molecule has 0 radical (unpaired) electrons. The zero-order valence-corrected chi connectivity index (χ0v) is 8.03. The molecule has 0 aliphatic carbocycles. The van der Waals surface area contributed by atoms with E-state index in [2.05, 4.69) is 10.1 Å². The molecule has 0 spiro atoms. The van der Waals surface area contributed by atoms with Gasteiger partial charge in [-0.15, -0.1) is 0 Å². The van der Waals surface area contributed by atoms with Gasteiger partial charge in [0, 0.05) is 7.05 Å². The van der Waals surface area contributed by atoms with Crippen molar-refractivity contribution in [1.29, 1.82) is 0 Å². The molecule has 0 atom stereocenters. The molecule has 1 aromatic heterocycles. The third-order valence-corrected chi connectivity index (χ3v) is 2.08. The highest BCUT2D eigenvalue weighted by Gasteiger charge is 2.09. The first-order chi connectivity index (χ1) is 6.68. The molecule has 0 saturated heterocycles. The zero-order valence-electron chi connectivity index (χ0n) is 8.03. The Morgan fingerprint density at radius 2 is 2.14 bits per heavy atom. The average molecular weight is 191 g/mol. The van der Waals surface area contributed by atoms with Crippen molar-refractivity contribution in [2.75, 3.05) is 0 Å². The summed E-state index contributed by atoms with van der Waals surface area (Å²) in [6, 6.07) is 5.06. The van der Waals surface area contributed by atoms with E-state index in [9.17, 15) is 4.39 Å². The van der Waals surface area contributed by atoms with E-state index in [1.54, 1.807) is 17.8 Å². The Hall–Kier alpha value is -1.71. The van der Waals surface area contributed by atoms with Gasteiger partial charge in [-0.05, 0) is 24.6 Å². The van der Waals surface area contributed by atoms with Gasteiger partial charge in [0.05, 0.1) is 5.56 Å².